The molecule has 2 rings (SSSR count). The summed E-state index contributed by atoms with van der Waals surface area (Å²) in [7, 11) is 0. The second-order valence-corrected chi connectivity index (χ2v) is 7.42. The third-order valence-corrected chi connectivity index (χ3v) is 4.18. The number of benzene rings is 2. The van der Waals surface area contributed by atoms with Gasteiger partial charge in [-0.1, -0.05) is 68.8 Å². The molecule has 0 saturated heterocycles. The summed E-state index contributed by atoms with van der Waals surface area (Å²) in [5.41, 5.74) is 3.45. The molecule has 0 radical (unpaired) electrons. The summed E-state index contributed by atoms with van der Waals surface area (Å²) in [5, 5.41) is 3.67. The minimum atomic E-state index is -0.114. The maximum absolute atomic E-state index is 12.1. The van der Waals surface area contributed by atoms with E-state index in [0.29, 0.717) is 5.02 Å². The van der Waals surface area contributed by atoms with Crippen LogP contribution >= 0.6 is 11.6 Å². The van der Waals surface area contributed by atoms with Crippen LogP contribution < -0.4 is 5.32 Å². The molecule has 0 aliphatic rings. The molecule has 2 nitrogen and oxygen atoms in total. The van der Waals surface area contributed by atoms with E-state index in [-0.39, 0.29) is 17.4 Å². The summed E-state index contributed by atoms with van der Waals surface area (Å²) in [5.74, 6) is -0.114. The van der Waals surface area contributed by atoms with Gasteiger partial charge in [0.2, 0.25) is 5.91 Å². The Morgan fingerprint density at radius 1 is 1.04 bits per heavy atom. The number of nitrogens with one attached hydrogen (secondary N) is 1. The monoisotopic (exact) mass is 341 g/mol. The normalized spacial score (nSPS) is 13.0. The zero-order valence-electron chi connectivity index (χ0n) is 14.6. The number of hydrogen-bond donors (Lipinski definition) is 1. The second-order valence-electron chi connectivity index (χ2n) is 6.99. The van der Waals surface area contributed by atoms with E-state index in [1.807, 2.05) is 19.1 Å². The van der Waals surface area contributed by atoms with E-state index in [1.54, 1.807) is 24.3 Å². The Hall–Kier alpha value is -2.06. The Bertz CT molecular complexity index is 709. The summed E-state index contributed by atoms with van der Waals surface area (Å²) >= 11 is 5.85. The van der Waals surface area contributed by atoms with E-state index in [9.17, 15) is 4.79 Å². The molecule has 0 unspecified atom stereocenters. The van der Waals surface area contributed by atoms with Gasteiger partial charge in [-0.2, -0.15) is 0 Å². The highest BCUT2D eigenvalue weighted by Gasteiger charge is 2.14. The van der Waals surface area contributed by atoms with Crippen molar-refractivity contribution in [1.29, 1.82) is 0 Å². The predicted molar refractivity (Wildman–Crippen MR) is 102 cm³/mol. The lowest BCUT2D eigenvalue weighted by Crippen LogP contribution is -2.24. The topological polar surface area (TPSA) is 29.1 Å². The first-order chi connectivity index (χ1) is 11.3. The van der Waals surface area contributed by atoms with Crippen LogP contribution in [0.5, 0.6) is 0 Å². The van der Waals surface area contributed by atoms with Gasteiger partial charge in [0.05, 0.1) is 6.04 Å². The van der Waals surface area contributed by atoms with Gasteiger partial charge >= 0.3 is 0 Å². The van der Waals surface area contributed by atoms with Crippen LogP contribution in [0, 0.1) is 0 Å². The smallest absolute Gasteiger partial charge is 0.244 e. The Balaban J connectivity index is 1.97. The average molecular weight is 342 g/mol. The van der Waals surface area contributed by atoms with Crippen molar-refractivity contribution in [1.82, 2.24) is 5.32 Å². The van der Waals surface area contributed by atoms with Crippen LogP contribution in [0.4, 0.5) is 0 Å². The Morgan fingerprint density at radius 2 is 1.62 bits per heavy atom. The van der Waals surface area contributed by atoms with Gasteiger partial charge in [0, 0.05) is 11.1 Å². The molecular weight excluding hydrogens is 318 g/mol. The fourth-order valence-corrected chi connectivity index (χ4v) is 2.49. The predicted octanol–water partition coefficient (Wildman–Crippen LogP) is 5.53. The summed E-state index contributed by atoms with van der Waals surface area (Å²) in [4.78, 5) is 12.1. The third kappa shape index (κ3) is 5.24. The van der Waals surface area contributed by atoms with Crippen LogP contribution in [-0.2, 0) is 10.2 Å². The first-order valence-corrected chi connectivity index (χ1v) is 8.48. The summed E-state index contributed by atoms with van der Waals surface area (Å²) in [6.45, 7) is 8.55. The van der Waals surface area contributed by atoms with Crippen LogP contribution in [-0.4, -0.2) is 5.91 Å². The van der Waals surface area contributed by atoms with Crippen LogP contribution in [0.1, 0.15) is 50.4 Å². The highest BCUT2D eigenvalue weighted by atomic mass is 35.5. The lowest BCUT2D eigenvalue weighted by atomic mass is 9.86. The van der Waals surface area contributed by atoms with Gasteiger partial charge in [-0.15, -0.1) is 0 Å². The molecule has 24 heavy (non-hydrogen) atoms. The number of carbonyl (C=O) groups excluding carboxylic acids is 1. The van der Waals surface area contributed by atoms with E-state index < -0.39 is 0 Å². The molecule has 0 spiro atoms. The maximum atomic E-state index is 12.1. The number of halogens is 1. The largest absolute Gasteiger partial charge is 0.346 e. The molecule has 1 N–H and O–H groups in total. The summed E-state index contributed by atoms with van der Waals surface area (Å²) in [6, 6.07) is 15.7. The van der Waals surface area contributed by atoms with Crippen LogP contribution in [0.25, 0.3) is 6.08 Å². The van der Waals surface area contributed by atoms with Crippen LogP contribution in [0.2, 0.25) is 5.02 Å². The lowest BCUT2D eigenvalue weighted by Gasteiger charge is -2.20. The van der Waals surface area contributed by atoms with Crippen molar-refractivity contribution in [3.63, 3.8) is 0 Å². The van der Waals surface area contributed by atoms with Gasteiger partial charge in [-0.3, -0.25) is 4.79 Å². The molecule has 1 atom stereocenters. The zero-order valence-corrected chi connectivity index (χ0v) is 15.4. The molecule has 0 heterocycles. The fraction of sp³-hybridized carbons (Fsp3) is 0.286. The SMILES string of the molecule is C[C@@H](NC(=O)/C=C/c1ccc(Cl)cc1)c1ccc(C(C)(C)C)cc1. The Labute approximate surface area is 149 Å². The van der Waals surface area contributed by atoms with Gasteiger partial charge in [0.15, 0.2) is 0 Å². The van der Waals surface area contributed by atoms with E-state index in [4.69, 9.17) is 11.6 Å². The Kier molecular flexibility index (Phi) is 5.84. The average Bonchev–Trinajstić information content (AvgIpc) is 2.53. The molecule has 0 fully saturated rings. The van der Waals surface area contributed by atoms with Crippen molar-refractivity contribution in [2.45, 2.75) is 39.2 Å². The van der Waals surface area contributed by atoms with E-state index in [1.165, 1.54) is 5.56 Å². The highest BCUT2D eigenvalue weighted by molar-refractivity contribution is 6.30. The number of carbonyl (C=O) groups is 1. The van der Waals surface area contributed by atoms with Crippen LogP contribution in [0.15, 0.2) is 54.6 Å². The third-order valence-electron chi connectivity index (χ3n) is 3.93. The van der Waals surface area contributed by atoms with Gasteiger partial charge in [-0.25, -0.2) is 0 Å². The van der Waals surface area contributed by atoms with Crippen molar-refractivity contribution in [3.8, 4) is 0 Å². The first-order valence-electron chi connectivity index (χ1n) is 8.10. The van der Waals surface area contributed by atoms with Gasteiger partial charge in [-0.05, 0) is 47.2 Å². The molecule has 0 aromatic heterocycles. The number of hydrogen-bond acceptors (Lipinski definition) is 1. The van der Waals surface area contributed by atoms with Gasteiger partial charge in [0.1, 0.15) is 0 Å². The van der Waals surface area contributed by atoms with E-state index in [0.717, 1.165) is 11.1 Å². The second kappa shape index (κ2) is 7.67. The molecule has 3 heteroatoms. The van der Waals surface area contributed by atoms with Gasteiger partial charge < -0.3 is 5.32 Å². The molecule has 0 bridgehead atoms. The molecule has 2 aromatic rings. The van der Waals surface area contributed by atoms with Crippen molar-refractivity contribution in [2.75, 3.05) is 0 Å². The number of rotatable bonds is 4. The lowest BCUT2D eigenvalue weighted by molar-refractivity contribution is -0.117. The van der Waals surface area contributed by atoms with Crippen molar-refractivity contribution < 1.29 is 4.79 Å². The van der Waals surface area contributed by atoms with E-state index in [2.05, 4.69) is 50.4 Å². The molecule has 2 aromatic carbocycles. The quantitative estimate of drug-likeness (QED) is 0.728. The first kappa shape index (κ1) is 18.3. The standard InChI is InChI=1S/C21H24ClNO/c1-15(17-8-10-18(11-9-17)21(2,3)4)23-20(24)14-7-16-5-12-19(22)13-6-16/h5-15H,1-4H3,(H,23,24)/b14-7+/t15-/m1/s1. The highest BCUT2D eigenvalue weighted by Crippen LogP contribution is 2.23. The van der Waals surface area contributed by atoms with Crippen molar-refractivity contribution in [2.24, 2.45) is 0 Å². The minimum absolute atomic E-state index is 0.0404. The number of amides is 1. The van der Waals surface area contributed by atoms with Crippen molar-refractivity contribution in [3.05, 3.63) is 76.3 Å². The molecule has 126 valence electrons. The summed E-state index contributed by atoms with van der Waals surface area (Å²) in [6.07, 6.45) is 3.32. The fourth-order valence-electron chi connectivity index (χ4n) is 2.36. The zero-order chi connectivity index (χ0) is 17.7. The molecule has 0 aliphatic carbocycles. The molecular formula is C21H24ClNO. The van der Waals surface area contributed by atoms with Gasteiger partial charge in [0.25, 0.3) is 0 Å². The van der Waals surface area contributed by atoms with Crippen LogP contribution in [0.3, 0.4) is 0 Å². The molecule has 0 aliphatic heterocycles. The molecule has 0 saturated carbocycles. The minimum Gasteiger partial charge on any atom is -0.346 e. The summed E-state index contributed by atoms with van der Waals surface area (Å²) < 4.78 is 0. The maximum Gasteiger partial charge on any atom is 0.244 e. The molecule has 1 amide bonds. The Morgan fingerprint density at radius 3 is 2.17 bits per heavy atom. The van der Waals surface area contributed by atoms with E-state index >= 15 is 0 Å². The van der Waals surface area contributed by atoms with Crippen molar-refractivity contribution >= 4 is 23.6 Å².